The van der Waals surface area contributed by atoms with Crippen LogP contribution in [0.4, 0.5) is 0 Å². The van der Waals surface area contributed by atoms with Crippen LogP contribution in [0.5, 0.6) is 0 Å². The van der Waals surface area contributed by atoms with E-state index in [2.05, 4.69) is 20.6 Å². The van der Waals surface area contributed by atoms with E-state index in [1.165, 1.54) is 17.4 Å². The molecule has 1 aliphatic heterocycles. The molecule has 4 unspecified atom stereocenters. The zero-order valence-corrected chi connectivity index (χ0v) is 19.2. The smallest absolute Gasteiger partial charge is 0.326 e. The number of nitrogens with zero attached hydrogens (tertiary/aromatic N) is 2. The molecule has 7 N–H and O–H groups in total. The highest BCUT2D eigenvalue weighted by Crippen LogP contribution is 2.19. The van der Waals surface area contributed by atoms with Crippen LogP contribution in [0, 0.1) is 5.92 Å². The van der Waals surface area contributed by atoms with Crippen LogP contribution in [-0.4, -0.2) is 85.5 Å². The van der Waals surface area contributed by atoms with Crippen molar-refractivity contribution in [2.75, 3.05) is 6.54 Å². The summed E-state index contributed by atoms with van der Waals surface area (Å²) in [5.74, 6) is -4.45. The van der Waals surface area contributed by atoms with Crippen LogP contribution in [0.15, 0.2) is 12.5 Å². The standard InChI is InChI=1S/C21H32N6O7/c1-11(2)17(26-18(30)13(22)5-6-16(28)29)19(31)25-14(8-12-9-23-10-24-12)20(32)27-7-3-4-15(27)21(33)34/h9-11,13-15,17H,3-8,22H2,1-2H3,(H,23,24)(H,25,31)(H,26,30)(H,28,29)(H,33,34). The molecule has 1 saturated heterocycles. The Morgan fingerprint density at radius 3 is 2.47 bits per heavy atom. The van der Waals surface area contributed by atoms with Gasteiger partial charge in [0.25, 0.3) is 0 Å². The van der Waals surface area contributed by atoms with Crippen molar-refractivity contribution in [3.05, 3.63) is 18.2 Å². The number of aromatic nitrogens is 2. The summed E-state index contributed by atoms with van der Waals surface area (Å²) in [7, 11) is 0. The molecule has 1 aromatic rings. The van der Waals surface area contributed by atoms with E-state index < -0.39 is 53.8 Å². The molecule has 2 rings (SSSR count). The van der Waals surface area contributed by atoms with E-state index in [1.807, 2.05) is 0 Å². The van der Waals surface area contributed by atoms with Crippen molar-refractivity contribution in [2.45, 2.75) is 70.1 Å². The highest BCUT2D eigenvalue weighted by Gasteiger charge is 2.39. The third kappa shape index (κ3) is 7.27. The van der Waals surface area contributed by atoms with Gasteiger partial charge in [-0.3, -0.25) is 19.2 Å². The number of likely N-dealkylation sites (tertiary alicyclic amines) is 1. The van der Waals surface area contributed by atoms with Gasteiger partial charge in [-0.25, -0.2) is 9.78 Å². The first-order valence-electron chi connectivity index (χ1n) is 11.1. The number of nitrogens with two attached hydrogens (primary N) is 1. The van der Waals surface area contributed by atoms with Crippen LogP contribution in [0.25, 0.3) is 0 Å². The summed E-state index contributed by atoms with van der Waals surface area (Å²) in [4.78, 5) is 69.1. The number of carbonyl (C=O) groups excluding carboxylic acids is 3. The lowest BCUT2D eigenvalue weighted by molar-refractivity contribution is -0.149. The maximum atomic E-state index is 13.2. The first kappa shape index (κ1) is 26.8. The van der Waals surface area contributed by atoms with Gasteiger partial charge in [0.1, 0.15) is 18.1 Å². The predicted molar refractivity (Wildman–Crippen MR) is 118 cm³/mol. The third-order valence-electron chi connectivity index (χ3n) is 5.67. The fourth-order valence-electron chi connectivity index (χ4n) is 3.77. The number of nitrogens with one attached hydrogen (secondary N) is 3. The Kier molecular flexibility index (Phi) is 9.54. The topological polar surface area (TPSA) is 208 Å². The van der Waals surface area contributed by atoms with Gasteiger partial charge < -0.3 is 36.5 Å². The van der Waals surface area contributed by atoms with Crippen LogP contribution < -0.4 is 16.4 Å². The molecule has 13 nitrogen and oxygen atoms in total. The van der Waals surface area contributed by atoms with Gasteiger partial charge in [0, 0.05) is 31.3 Å². The lowest BCUT2D eigenvalue weighted by Crippen LogP contribution is -2.59. The molecule has 0 spiro atoms. The maximum Gasteiger partial charge on any atom is 0.326 e. The van der Waals surface area contributed by atoms with E-state index in [0.29, 0.717) is 18.5 Å². The summed E-state index contributed by atoms with van der Waals surface area (Å²) in [5.41, 5.74) is 6.31. The normalized spacial score (nSPS) is 18.2. The average Bonchev–Trinajstić information content (AvgIpc) is 3.46. The Morgan fingerprint density at radius 2 is 1.91 bits per heavy atom. The number of aliphatic carboxylic acids is 2. The van der Waals surface area contributed by atoms with Gasteiger partial charge in [0.2, 0.25) is 17.7 Å². The molecule has 0 aliphatic carbocycles. The van der Waals surface area contributed by atoms with Crippen LogP contribution >= 0.6 is 0 Å². The second-order valence-corrected chi connectivity index (χ2v) is 8.64. The van der Waals surface area contributed by atoms with Gasteiger partial charge in [-0.05, 0) is 25.2 Å². The molecule has 188 valence electrons. The molecular formula is C21H32N6O7. The summed E-state index contributed by atoms with van der Waals surface area (Å²) in [6, 6.07) is -4.23. The van der Waals surface area contributed by atoms with Gasteiger partial charge in [-0.15, -0.1) is 0 Å². The van der Waals surface area contributed by atoms with E-state index >= 15 is 0 Å². The highest BCUT2D eigenvalue weighted by atomic mass is 16.4. The van der Waals surface area contributed by atoms with Gasteiger partial charge in [0.05, 0.1) is 12.4 Å². The largest absolute Gasteiger partial charge is 0.481 e. The van der Waals surface area contributed by atoms with E-state index in [9.17, 15) is 29.1 Å². The molecule has 4 atom stereocenters. The van der Waals surface area contributed by atoms with Crippen molar-refractivity contribution in [1.29, 1.82) is 0 Å². The number of rotatable bonds is 12. The number of aromatic amines is 1. The van der Waals surface area contributed by atoms with Gasteiger partial charge >= 0.3 is 11.9 Å². The number of carboxylic acid groups (broad SMARTS) is 2. The van der Waals surface area contributed by atoms with E-state index in [-0.39, 0.29) is 31.7 Å². The maximum absolute atomic E-state index is 13.2. The van der Waals surface area contributed by atoms with Crippen LogP contribution in [0.1, 0.15) is 45.2 Å². The molecule has 2 heterocycles. The van der Waals surface area contributed by atoms with E-state index in [0.717, 1.165) is 0 Å². The number of imidazole rings is 1. The number of carboxylic acids is 2. The molecular weight excluding hydrogens is 448 g/mol. The molecule has 1 aromatic heterocycles. The first-order valence-corrected chi connectivity index (χ1v) is 11.1. The zero-order valence-electron chi connectivity index (χ0n) is 19.2. The summed E-state index contributed by atoms with van der Waals surface area (Å²) in [5, 5.41) is 23.4. The minimum absolute atomic E-state index is 0.0459. The second-order valence-electron chi connectivity index (χ2n) is 8.64. The molecule has 1 aliphatic rings. The highest BCUT2D eigenvalue weighted by molar-refractivity contribution is 5.94. The van der Waals surface area contributed by atoms with Crippen molar-refractivity contribution in [3.8, 4) is 0 Å². The van der Waals surface area contributed by atoms with Gasteiger partial charge in [0.15, 0.2) is 0 Å². The molecule has 0 radical (unpaired) electrons. The Labute approximate surface area is 196 Å². The summed E-state index contributed by atoms with van der Waals surface area (Å²) >= 11 is 0. The summed E-state index contributed by atoms with van der Waals surface area (Å²) in [6.45, 7) is 3.65. The van der Waals surface area contributed by atoms with E-state index in [4.69, 9.17) is 10.8 Å². The summed E-state index contributed by atoms with van der Waals surface area (Å²) < 4.78 is 0. The monoisotopic (exact) mass is 480 g/mol. The zero-order chi connectivity index (χ0) is 25.4. The van der Waals surface area contributed by atoms with Crippen molar-refractivity contribution >= 4 is 29.7 Å². The molecule has 0 saturated carbocycles. The van der Waals surface area contributed by atoms with Crippen molar-refractivity contribution in [3.63, 3.8) is 0 Å². The van der Waals surface area contributed by atoms with Crippen LogP contribution in [0.2, 0.25) is 0 Å². The van der Waals surface area contributed by atoms with Gasteiger partial charge in [-0.2, -0.15) is 0 Å². The number of amides is 3. The Balaban J connectivity index is 2.16. The van der Waals surface area contributed by atoms with Crippen molar-refractivity contribution in [2.24, 2.45) is 11.7 Å². The third-order valence-corrected chi connectivity index (χ3v) is 5.67. The molecule has 3 amide bonds. The predicted octanol–water partition coefficient (Wildman–Crippen LogP) is -1.15. The van der Waals surface area contributed by atoms with E-state index in [1.54, 1.807) is 13.8 Å². The second kappa shape index (κ2) is 12.1. The van der Waals surface area contributed by atoms with Crippen molar-refractivity contribution < 1.29 is 34.2 Å². The van der Waals surface area contributed by atoms with Gasteiger partial charge in [-0.1, -0.05) is 13.8 Å². The number of carbonyl (C=O) groups is 5. The molecule has 34 heavy (non-hydrogen) atoms. The first-order chi connectivity index (χ1) is 16.0. The lowest BCUT2D eigenvalue weighted by atomic mass is 10.0. The molecule has 0 bridgehead atoms. The Morgan fingerprint density at radius 1 is 1.21 bits per heavy atom. The Bertz CT molecular complexity index is 888. The number of hydrogen-bond donors (Lipinski definition) is 6. The fourth-order valence-corrected chi connectivity index (χ4v) is 3.77. The number of hydrogen-bond acceptors (Lipinski definition) is 7. The Hall–Kier alpha value is -3.48. The van der Waals surface area contributed by atoms with Crippen molar-refractivity contribution in [1.82, 2.24) is 25.5 Å². The minimum atomic E-state index is -1.12. The van der Waals surface area contributed by atoms with Crippen LogP contribution in [-0.2, 0) is 30.4 Å². The lowest BCUT2D eigenvalue weighted by Gasteiger charge is -2.29. The minimum Gasteiger partial charge on any atom is -0.481 e. The SMILES string of the molecule is CC(C)C(NC(=O)C(N)CCC(=O)O)C(=O)NC(Cc1cnc[nH]1)C(=O)N1CCCC1C(=O)O. The molecule has 13 heteroatoms. The number of H-pyrrole nitrogens is 1. The quantitative estimate of drug-likeness (QED) is 0.213. The van der Waals surface area contributed by atoms with Crippen LogP contribution in [0.3, 0.4) is 0 Å². The summed E-state index contributed by atoms with van der Waals surface area (Å²) in [6.07, 6.45) is 3.43. The fraction of sp³-hybridized carbons (Fsp3) is 0.619. The average molecular weight is 481 g/mol. The molecule has 0 aromatic carbocycles. The molecule has 1 fully saturated rings.